The molecule has 1 N–H and O–H groups in total. The van der Waals surface area contributed by atoms with E-state index in [-0.39, 0.29) is 0 Å². The number of nitrogens with one attached hydrogen (secondary N) is 1. The molecule has 0 spiro atoms. The van der Waals surface area contributed by atoms with Crippen molar-refractivity contribution in [1.29, 1.82) is 0 Å². The van der Waals surface area contributed by atoms with Crippen molar-refractivity contribution in [2.24, 2.45) is 0 Å². The summed E-state index contributed by atoms with van der Waals surface area (Å²) in [6.07, 6.45) is 3.53. The monoisotopic (exact) mass is 292 g/mol. The van der Waals surface area contributed by atoms with E-state index in [1.54, 1.807) is 0 Å². The summed E-state index contributed by atoms with van der Waals surface area (Å²) in [7, 11) is 2.19. The van der Waals surface area contributed by atoms with Crippen LogP contribution in [-0.4, -0.2) is 37.7 Å². The smallest absolute Gasteiger partial charge is 0.119 e. The molecule has 0 aliphatic rings. The topological polar surface area (TPSA) is 24.5 Å². The van der Waals surface area contributed by atoms with Crippen molar-refractivity contribution in [1.82, 2.24) is 10.2 Å². The van der Waals surface area contributed by atoms with Crippen molar-refractivity contribution in [3.8, 4) is 5.75 Å². The molecule has 0 aromatic heterocycles. The van der Waals surface area contributed by atoms with Crippen LogP contribution in [0.5, 0.6) is 5.75 Å². The van der Waals surface area contributed by atoms with Crippen molar-refractivity contribution in [2.75, 3.05) is 26.7 Å². The SMILES string of the molecule is CCCOc1cccc(CNCCCCN(C)C(C)C)c1. The van der Waals surface area contributed by atoms with Gasteiger partial charge in [0, 0.05) is 12.6 Å². The minimum Gasteiger partial charge on any atom is -0.494 e. The lowest BCUT2D eigenvalue weighted by atomic mass is 10.2. The normalized spacial score (nSPS) is 11.3. The summed E-state index contributed by atoms with van der Waals surface area (Å²) in [6, 6.07) is 9.03. The van der Waals surface area contributed by atoms with Gasteiger partial charge in [0.2, 0.25) is 0 Å². The zero-order valence-corrected chi connectivity index (χ0v) is 14.2. The second kappa shape index (κ2) is 10.6. The van der Waals surface area contributed by atoms with Gasteiger partial charge in [-0.3, -0.25) is 0 Å². The fourth-order valence-corrected chi connectivity index (χ4v) is 2.07. The van der Waals surface area contributed by atoms with Gasteiger partial charge in [0.05, 0.1) is 6.61 Å². The molecule has 0 fully saturated rings. The summed E-state index contributed by atoms with van der Waals surface area (Å²) in [6.45, 7) is 10.6. The molecule has 0 saturated heterocycles. The third-order valence-corrected chi connectivity index (χ3v) is 3.70. The standard InChI is InChI=1S/C18H32N2O/c1-5-13-21-18-10-8-9-17(14-18)15-19-11-6-7-12-20(4)16(2)3/h8-10,14,16,19H,5-7,11-13,15H2,1-4H3. The van der Waals surface area contributed by atoms with E-state index in [9.17, 15) is 0 Å². The number of unbranched alkanes of at least 4 members (excludes halogenated alkanes) is 1. The molecule has 1 aromatic rings. The predicted octanol–water partition coefficient (Wildman–Crippen LogP) is 3.69. The van der Waals surface area contributed by atoms with Crippen LogP contribution in [0.15, 0.2) is 24.3 Å². The molecule has 0 atom stereocenters. The molecule has 0 unspecified atom stereocenters. The second-order valence-corrected chi connectivity index (χ2v) is 5.95. The Labute approximate surface area is 130 Å². The molecular formula is C18H32N2O. The molecule has 0 aliphatic carbocycles. The molecule has 3 heteroatoms. The number of ether oxygens (including phenoxy) is 1. The van der Waals surface area contributed by atoms with Gasteiger partial charge in [0.1, 0.15) is 5.75 Å². The average Bonchev–Trinajstić information content (AvgIpc) is 2.48. The second-order valence-electron chi connectivity index (χ2n) is 5.95. The van der Waals surface area contributed by atoms with Crippen LogP contribution < -0.4 is 10.1 Å². The van der Waals surface area contributed by atoms with Crippen molar-refractivity contribution in [2.45, 2.75) is 52.6 Å². The fourth-order valence-electron chi connectivity index (χ4n) is 2.07. The molecule has 0 radical (unpaired) electrons. The van der Waals surface area contributed by atoms with E-state index in [0.717, 1.165) is 31.9 Å². The van der Waals surface area contributed by atoms with E-state index in [2.05, 4.69) is 56.2 Å². The van der Waals surface area contributed by atoms with E-state index < -0.39 is 0 Å². The Morgan fingerprint density at radius 3 is 2.76 bits per heavy atom. The summed E-state index contributed by atoms with van der Waals surface area (Å²) < 4.78 is 5.66. The molecule has 0 heterocycles. The van der Waals surface area contributed by atoms with Crippen molar-refractivity contribution < 1.29 is 4.74 Å². The van der Waals surface area contributed by atoms with E-state index in [0.29, 0.717) is 6.04 Å². The Balaban J connectivity index is 2.15. The quantitative estimate of drug-likeness (QED) is 0.630. The highest BCUT2D eigenvalue weighted by Crippen LogP contribution is 2.13. The lowest BCUT2D eigenvalue weighted by Gasteiger charge is -2.20. The van der Waals surface area contributed by atoms with Crippen molar-refractivity contribution >= 4 is 0 Å². The number of hydrogen-bond donors (Lipinski definition) is 1. The third-order valence-electron chi connectivity index (χ3n) is 3.70. The summed E-state index contributed by atoms with van der Waals surface area (Å²) in [4.78, 5) is 2.40. The number of rotatable bonds is 11. The first-order chi connectivity index (χ1) is 10.1. The molecule has 3 nitrogen and oxygen atoms in total. The van der Waals surface area contributed by atoms with Gasteiger partial charge in [-0.15, -0.1) is 0 Å². The van der Waals surface area contributed by atoms with Gasteiger partial charge < -0.3 is 15.0 Å². The maximum Gasteiger partial charge on any atom is 0.119 e. The Bertz CT molecular complexity index is 379. The highest BCUT2D eigenvalue weighted by Gasteiger charge is 2.02. The van der Waals surface area contributed by atoms with E-state index in [4.69, 9.17) is 4.74 Å². The molecule has 21 heavy (non-hydrogen) atoms. The van der Waals surface area contributed by atoms with Crippen molar-refractivity contribution in [3.05, 3.63) is 29.8 Å². The number of hydrogen-bond acceptors (Lipinski definition) is 3. The minimum atomic E-state index is 0.642. The molecule has 0 saturated carbocycles. The first-order valence-electron chi connectivity index (χ1n) is 8.26. The van der Waals surface area contributed by atoms with Crippen LogP contribution in [0.1, 0.15) is 45.6 Å². The van der Waals surface area contributed by atoms with Gasteiger partial charge >= 0.3 is 0 Å². The minimum absolute atomic E-state index is 0.642. The van der Waals surface area contributed by atoms with E-state index in [1.807, 2.05) is 6.07 Å². The molecule has 0 aliphatic heterocycles. The largest absolute Gasteiger partial charge is 0.494 e. The maximum absolute atomic E-state index is 5.66. The van der Waals surface area contributed by atoms with Gasteiger partial charge in [-0.25, -0.2) is 0 Å². The molecule has 0 amide bonds. The number of nitrogens with zero attached hydrogens (tertiary/aromatic N) is 1. The molecule has 120 valence electrons. The Morgan fingerprint density at radius 2 is 2.05 bits per heavy atom. The highest BCUT2D eigenvalue weighted by atomic mass is 16.5. The van der Waals surface area contributed by atoms with Crippen LogP contribution in [0.2, 0.25) is 0 Å². The summed E-state index contributed by atoms with van der Waals surface area (Å²) in [5.74, 6) is 0.981. The van der Waals surface area contributed by atoms with Crippen LogP contribution in [0, 0.1) is 0 Å². The Kier molecular flexibility index (Phi) is 9.11. The summed E-state index contributed by atoms with van der Waals surface area (Å²) >= 11 is 0. The van der Waals surface area contributed by atoms with Crippen LogP contribution in [0.3, 0.4) is 0 Å². The van der Waals surface area contributed by atoms with Crippen LogP contribution >= 0.6 is 0 Å². The third kappa shape index (κ3) is 8.08. The summed E-state index contributed by atoms with van der Waals surface area (Å²) in [5, 5.41) is 3.51. The van der Waals surface area contributed by atoms with Gasteiger partial charge in [0.25, 0.3) is 0 Å². The van der Waals surface area contributed by atoms with Crippen LogP contribution in [0.4, 0.5) is 0 Å². The molecule has 1 aromatic carbocycles. The van der Waals surface area contributed by atoms with E-state index >= 15 is 0 Å². The first-order valence-corrected chi connectivity index (χ1v) is 8.26. The lowest BCUT2D eigenvalue weighted by Crippen LogP contribution is -2.27. The lowest BCUT2D eigenvalue weighted by molar-refractivity contribution is 0.268. The molecule has 0 bridgehead atoms. The first kappa shape index (κ1) is 18.0. The molecular weight excluding hydrogens is 260 g/mol. The maximum atomic E-state index is 5.66. The van der Waals surface area contributed by atoms with Gasteiger partial charge in [-0.1, -0.05) is 19.1 Å². The highest BCUT2D eigenvalue weighted by molar-refractivity contribution is 5.28. The number of benzene rings is 1. The predicted molar refractivity (Wildman–Crippen MR) is 90.9 cm³/mol. The van der Waals surface area contributed by atoms with Gasteiger partial charge in [-0.2, -0.15) is 0 Å². The van der Waals surface area contributed by atoms with Crippen molar-refractivity contribution in [3.63, 3.8) is 0 Å². The summed E-state index contributed by atoms with van der Waals surface area (Å²) in [5.41, 5.74) is 1.29. The zero-order chi connectivity index (χ0) is 15.5. The Morgan fingerprint density at radius 1 is 1.24 bits per heavy atom. The van der Waals surface area contributed by atoms with Gasteiger partial charge in [-0.05, 0) is 70.9 Å². The van der Waals surface area contributed by atoms with Gasteiger partial charge in [0.15, 0.2) is 0 Å². The zero-order valence-electron chi connectivity index (χ0n) is 14.2. The van der Waals surface area contributed by atoms with Crippen LogP contribution in [-0.2, 0) is 6.54 Å². The van der Waals surface area contributed by atoms with Crippen LogP contribution in [0.25, 0.3) is 0 Å². The van der Waals surface area contributed by atoms with E-state index in [1.165, 1.54) is 24.9 Å². The average molecular weight is 292 g/mol. The fraction of sp³-hybridized carbons (Fsp3) is 0.667. The Hall–Kier alpha value is -1.06. The molecule has 1 rings (SSSR count).